The molecule has 1 fully saturated rings. The van der Waals surface area contributed by atoms with Crippen molar-refractivity contribution in [2.24, 2.45) is 11.7 Å². The fourth-order valence-electron chi connectivity index (χ4n) is 2.75. The van der Waals surface area contributed by atoms with E-state index in [0.717, 1.165) is 22.9 Å². The molecule has 2 rings (SSSR count). The number of carbonyl (C=O) groups is 1. The van der Waals surface area contributed by atoms with Gasteiger partial charge >= 0.3 is 0 Å². The van der Waals surface area contributed by atoms with Crippen molar-refractivity contribution < 1.29 is 4.79 Å². The number of hydrogen-bond donors (Lipinski definition) is 1. The number of benzene rings is 1. The average Bonchev–Trinajstić information content (AvgIpc) is 2.86. The third kappa shape index (κ3) is 2.75. The first-order chi connectivity index (χ1) is 8.63. The van der Waals surface area contributed by atoms with E-state index in [9.17, 15) is 4.79 Å². The molecule has 0 aliphatic heterocycles. The Bertz CT molecular complexity index is 418. The molecule has 18 heavy (non-hydrogen) atoms. The molecule has 1 aliphatic carbocycles. The Kier molecular flexibility index (Phi) is 4.40. The predicted octanol–water partition coefficient (Wildman–Crippen LogP) is 2.65. The van der Waals surface area contributed by atoms with Gasteiger partial charge in [0.05, 0.1) is 0 Å². The molecule has 0 bridgehead atoms. The number of halogens is 1. The van der Waals surface area contributed by atoms with Crippen LogP contribution >= 0.6 is 15.9 Å². The Balaban J connectivity index is 2.11. The minimum absolute atomic E-state index is 0.0906. The van der Waals surface area contributed by atoms with Crippen LogP contribution in [0.2, 0.25) is 0 Å². The van der Waals surface area contributed by atoms with Gasteiger partial charge in [-0.15, -0.1) is 0 Å². The van der Waals surface area contributed by atoms with Crippen molar-refractivity contribution in [2.75, 3.05) is 13.6 Å². The van der Waals surface area contributed by atoms with Crippen LogP contribution in [0.4, 0.5) is 0 Å². The summed E-state index contributed by atoms with van der Waals surface area (Å²) >= 11 is 3.38. The summed E-state index contributed by atoms with van der Waals surface area (Å²) < 4.78 is 0.988. The maximum absolute atomic E-state index is 12.4. The van der Waals surface area contributed by atoms with E-state index >= 15 is 0 Å². The highest BCUT2D eigenvalue weighted by Gasteiger charge is 2.31. The van der Waals surface area contributed by atoms with Crippen molar-refractivity contribution in [1.29, 1.82) is 0 Å². The molecule has 98 valence electrons. The second-order valence-corrected chi connectivity index (χ2v) is 5.83. The lowest BCUT2D eigenvalue weighted by atomic mass is 10.0. The van der Waals surface area contributed by atoms with E-state index < -0.39 is 0 Å². The predicted molar refractivity (Wildman–Crippen MR) is 76.4 cm³/mol. The van der Waals surface area contributed by atoms with Gasteiger partial charge in [-0.05, 0) is 49.6 Å². The Morgan fingerprint density at radius 1 is 1.39 bits per heavy atom. The minimum atomic E-state index is 0.0906. The monoisotopic (exact) mass is 310 g/mol. The Morgan fingerprint density at radius 3 is 2.67 bits per heavy atom. The van der Waals surface area contributed by atoms with Crippen molar-refractivity contribution in [1.82, 2.24) is 4.90 Å². The summed E-state index contributed by atoms with van der Waals surface area (Å²) in [6.07, 6.45) is 3.38. The zero-order valence-electron chi connectivity index (χ0n) is 10.6. The molecule has 0 saturated heterocycles. The molecule has 1 aliphatic rings. The minimum Gasteiger partial charge on any atom is -0.338 e. The van der Waals surface area contributed by atoms with E-state index in [2.05, 4.69) is 15.9 Å². The van der Waals surface area contributed by atoms with E-state index in [-0.39, 0.29) is 5.91 Å². The second kappa shape index (κ2) is 5.85. The SMILES string of the molecule is CN(C(=O)c1ccc(Br)cc1)C1CCCC1CN. The van der Waals surface area contributed by atoms with Crippen LogP contribution in [0.15, 0.2) is 28.7 Å². The molecule has 0 spiro atoms. The molecular weight excluding hydrogens is 292 g/mol. The number of hydrogen-bond acceptors (Lipinski definition) is 2. The van der Waals surface area contributed by atoms with E-state index in [1.54, 1.807) is 0 Å². The third-order valence-electron chi connectivity index (χ3n) is 3.83. The Hall–Kier alpha value is -0.870. The van der Waals surface area contributed by atoms with Gasteiger partial charge < -0.3 is 10.6 Å². The van der Waals surface area contributed by atoms with Crippen molar-refractivity contribution >= 4 is 21.8 Å². The molecule has 1 aromatic carbocycles. The van der Waals surface area contributed by atoms with E-state index in [1.807, 2.05) is 36.2 Å². The molecular formula is C14H19BrN2O. The Morgan fingerprint density at radius 2 is 2.06 bits per heavy atom. The fraction of sp³-hybridized carbons (Fsp3) is 0.500. The fourth-order valence-corrected chi connectivity index (χ4v) is 3.01. The van der Waals surface area contributed by atoms with Gasteiger partial charge in [-0.2, -0.15) is 0 Å². The first kappa shape index (κ1) is 13.6. The van der Waals surface area contributed by atoms with Crippen molar-refractivity contribution in [3.8, 4) is 0 Å². The number of rotatable bonds is 3. The highest BCUT2D eigenvalue weighted by atomic mass is 79.9. The summed E-state index contributed by atoms with van der Waals surface area (Å²) in [5, 5.41) is 0. The lowest BCUT2D eigenvalue weighted by molar-refractivity contribution is 0.0700. The summed E-state index contributed by atoms with van der Waals surface area (Å²) in [6.45, 7) is 0.669. The third-order valence-corrected chi connectivity index (χ3v) is 4.36. The quantitative estimate of drug-likeness (QED) is 0.933. The van der Waals surface area contributed by atoms with Crippen LogP contribution in [0, 0.1) is 5.92 Å². The van der Waals surface area contributed by atoms with Gasteiger partial charge in [-0.3, -0.25) is 4.79 Å². The molecule has 2 N–H and O–H groups in total. The summed E-state index contributed by atoms with van der Waals surface area (Å²) in [7, 11) is 1.89. The highest BCUT2D eigenvalue weighted by molar-refractivity contribution is 9.10. The largest absolute Gasteiger partial charge is 0.338 e. The van der Waals surface area contributed by atoms with Crippen molar-refractivity contribution in [3.63, 3.8) is 0 Å². The van der Waals surface area contributed by atoms with Crippen LogP contribution in [0.1, 0.15) is 29.6 Å². The number of nitrogens with zero attached hydrogens (tertiary/aromatic N) is 1. The molecule has 4 heteroatoms. The van der Waals surface area contributed by atoms with Gasteiger partial charge in [0, 0.05) is 23.1 Å². The zero-order valence-corrected chi connectivity index (χ0v) is 12.2. The first-order valence-electron chi connectivity index (χ1n) is 6.36. The standard InChI is InChI=1S/C14H19BrN2O/c1-17(13-4-2-3-11(13)9-16)14(18)10-5-7-12(15)8-6-10/h5-8,11,13H,2-4,9,16H2,1H3. The topological polar surface area (TPSA) is 46.3 Å². The maximum atomic E-state index is 12.4. The molecule has 1 aromatic rings. The summed E-state index contributed by atoms with van der Waals surface area (Å²) in [5.41, 5.74) is 6.52. The van der Waals surface area contributed by atoms with Gasteiger partial charge in [0.2, 0.25) is 0 Å². The van der Waals surface area contributed by atoms with Crippen LogP contribution in [0.3, 0.4) is 0 Å². The normalized spacial score (nSPS) is 23.1. The van der Waals surface area contributed by atoms with Gasteiger partial charge in [0.15, 0.2) is 0 Å². The van der Waals surface area contributed by atoms with Crippen LogP contribution in [0.25, 0.3) is 0 Å². The lowest BCUT2D eigenvalue weighted by Gasteiger charge is -2.29. The number of nitrogens with two attached hydrogens (primary N) is 1. The molecule has 1 amide bonds. The lowest BCUT2D eigenvalue weighted by Crippen LogP contribution is -2.41. The average molecular weight is 311 g/mol. The molecule has 0 radical (unpaired) electrons. The van der Waals surface area contributed by atoms with Gasteiger partial charge in [0.1, 0.15) is 0 Å². The van der Waals surface area contributed by atoms with Gasteiger partial charge in [0.25, 0.3) is 5.91 Å². The van der Waals surface area contributed by atoms with E-state index in [4.69, 9.17) is 5.73 Å². The molecule has 2 atom stereocenters. The molecule has 1 saturated carbocycles. The molecule has 2 unspecified atom stereocenters. The molecule has 0 aromatic heterocycles. The highest BCUT2D eigenvalue weighted by Crippen LogP contribution is 2.29. The summed E-state index contributed by atoms with van der Waals surface area (Å²) in [6, 6.07) is 7.81. The Labute approximate surface area is 116 Å². The van der Waals surface area contributed by atoms with Crippen LogP contribution in [0.5, 0.6) is 0 Å². The first-order valence-corrected chi connectivity index (χ1v) is 7.15. The smallest absolute Gasteiger partial charge is 0.253 e. The number of carbonyl (C=O) groups excluding carboxylic acids is 1. The zero-order chi connectivity index (χ0) is 13.1. The maximum Gasteiger partial charge on any atom is 0.253 e. The van der Waals surface area contributed by atoms with E-state index in [1.165, 1.54) is 6.42 Å². The van der Waals surface area contributed by atoms with Crippen LogP contribution < -0.4 is 5.73 Å². The van der Waals surface area contributed by atoms with Crippen LogP contribution in [-0.4, -0.2) is 30.4 Å². The summed E-state index contributed by atoms with van der Waals surface area (Å²) in [5.74, 6) is 0.544. The summed E-state index contributed by atoms with van der Waals surface area (Å²) in [4.78, 5) is 14.2. The second-order valence-electron chi connectivity index (χ2n) is 4.92. The molecule has 0 heterocycles. The van der Waals surface area contributed by atoms with E-state index in [0.29, 0.717) is 18.5 Å². The molecule has 3 nitrogen and oxygen atoms in total. The van der Waals surface area contributed by atoms with Gasteiger partial charge in [-0.25, -0.2) is 0 Å². The number of amides is 1. The van der Waals surface area contributed by atoms with Gasteiger partial charge in [-0.1, -0.05) is 22.4 Å². The van der Waals surface area contributed by atoms with Crippen molar-refractivity contribution in [2.45, 2.75) is 25.3 Å². The van der Waals surface area contributed by atoms with Crippen LogP contribution in [-0.2, 0) is 0 Å². The van der Waals surface area contributed by atoms with Crippen molar-refractivity contribution in [3.05, 3.63) is 34.3 Å².